The van der Waals surface area contributed by atoms with Crippen molar-refractivity contribution in [2.75, 3.05) is 0 Å². The van der Waals surface area contributed by atoms with Crippen molar-refractivity contribution < 1.29 is 0 Å². The van der Waals surface area contributed by atoms with Gasteiger partial charge in [-0.2, -0.15) is 0 Å². The molecule has 2 rings (SSSR count). The third-order valence-electron chi connectivity index (χ3n) is 4.13. The summed E-state index contributed by atoms with van der Waals surface area (Å²) in [5.41, 5.74) is 5.88. The molecule has 0 aliphatic carbocycles. The summed E-state index contributed by atoms with van der Waals surface area (Å²) in [6, 6.07) is 9.57. The SMILES string of the molecule is C/C=C/Cc1cc(CC)cc2c(CC)cc(CC)cc12. The average Bonchev–Trinajstić information content (AvgIpc) is 2.50. The zero-order chi connectivity index (χ0) is 14.5. The lowest BCUT2D eigenvalue weighted by Gasteiger charge is -2.13. The molecule has 2 aromatic rings. The Morgan fingerprint density at radius 2 is 1.30 bits per heavy atom. The van der Waals surface area contributed by atoms with E-state index in [4.69, 9.17) is 0 Å². The number of benzene rings is 2. The maximum absolute atomic E-state index is 2.40. The molecule has 0 fully saturated rings. The molecule has 0 atom stereocenters. The topological polar surface area (TPSA) is 0 Å². The van der Waals surface area contributed by atoms with Crippen molar-refractivity contribution in [2.24, 2.45) is 0 Å². The predicted octanol–water partition coefficient (Wildman–Crippen LogP) is 5.65. The van der Waals surface area contributed by atoms with Gasteiger partial charge in [0.25, 0.3) is 0 Å². The summed E-state index contributed by atoms with van der Waals surface area (Å²) in [5.74, 6) is 0. The Balaban J connectivity index is 2.73. The Morgan fingerprint density at radius 3 is 1.80 bits per heavy atom. The van der Waals surface area contributed by atoms with Crippen molar-refractivity contribution in [1.82, 2.24) is 0 Å². The molecule has 0 bridgehead atoms. The Kier molecular flexibility index (Phi) is 5.00. The van der Waals surface area contributed by atoms with Crippen molar-refractivity contribution in [1.29, 1.82) is 0 Å². The Hall–Kier alpha value is -1.56. The normalized spacial score (nSPS) is 11.6. The lowest BCUT2D eigenvalue weighted by Crippen LogP contribution is -1.95. The van der Waals surface area contributed by atoms with Crippen molar-refractivity contribution in [2.45, 2.75) is 53.4 Å². The van der Waals surface area contributed by atoms with E-state index in [2.05, 4.69) is 64.1 Å². The molecular weight excluding hydrogens is 240 g/mol. The Morgan fingerprint density at radius 1 is 0.750 bits per heavy atom. The van der Waals surface area contributed by atoms with Gasteiger partial charge in [-0.25, -0.2) is 0 Å². The molecule has 0 N–H and O–H groups in total. The van der Waals surface area contributed by atoms with Crippen molar-refractivity contribution in [3.05, 3.63) is 58.7 Å². The largest absolute Gasteiger partial charge is 0.0913 e. The lowest BCUT2D eigenvalue weighted by molar-refractivity contribution is 1.09. The van der Waals surface area contributed by atoms with Gasteiger partial charge in [0, 0.05) is 0 Å². The van der Waals surface area contributed by atoms with Gasteiger partial charge >= 0.3 is 0 Å². The van der Waals surface area contributed by atoms with E-state index in [9.17, 15) is 0 Å². The maximum Gasteiger partial charge on any atom is -0.00913 e. The van der Waals surface area contributed by atoms with Crippen LogP contribution in [0.1, 0.15) is 49.9 Å². The Labute approximate surface area is 123 Å². The number of rotatable bonds is 5. The number of fused-ring (bicyclic) bond motifs is 1. The van der Waals surface area contributed by atoms with Crippen LogP contribution >= 0.6 is 0 Å². The zero-order valence-electron chi connectivity index (χ0n) is 13.3. The minimum absolute atomic E-state index is 1.04. The molecular formula is C20H26. The third-order valence-corrected chi connectivity index (χ3v) is 4.13. The van der Waals surface area contributed by atoms with Crippen LogP contribution in [0.4, 0.5) is 0 Å². The molecule has 0 heterocycles. The third kappa shape index (κ3) is 2.95. The molecule has 0 nitrogen and oxygen atoms in total. The molecule has 0 saturated carbocycles. The van der Waals surface area contributed by atoms with Crippen LogP contribution in [0.25, 0.3) is 10.8 Å². The second-order valence-electron chi connectivity index (χ2n) is 5.44. The molecule has 0 aromatic heterocycles. The van der Waals surface area contributed by atoms with E-state index in [1.165, 1.54) is 33.0 Å². The van der Waals surface area contributed by atoms with E-state index in [0.717, 1.165) is 25.7 Å². The molecule has 0 heteroatoms. The Bertz CT molecular complexity index is 617. The van der Waals surface area contributed by atoms with Crippen molar-refractivity contribution >= 4 is 10.8 Å². The van der Waals surface area contributed by atoms with E-state index < -0.39 is 0 Å². The molecule has 0 spiro atoms. The van der Waals surface area contributed by atoms with Gasteiger partial charge in [0.2, 0.25) is 0 Å². The smallest absolute Gasteiger partial charge is 0.00913 e. The minimum atomic E-state index is 1.04. The van der Waals surface area contributed by atoms with Gasteiger partial charge in [0.05, 0.1) is 0 Å². The van der Waals surface area contributed by atoms with Crippen molar-refractivity contribution in [3.8, 4) is 0 Å². The summed E-state index contributed by atoms with van der Waals surface area (Å²) < 4.78 is 0. The van der Waals surface area contributed by atoms with Crippen LogP contribution < -0.4 is 0 Å². The summed E-state index contributed by atoms with van der Waals surface area (Å²) in [7, 11) is 0. The highest BCUT2D eigenvalue weighted by molar-refractivity contribution is 5.90. The molecule has 0 amide bonds. The van der Waals surface area contributed by atoms with Crippen LogP contribution in [-0.2, 0) is 25.7 Å². The van der Waals surface area contributed by atoms with Crippen LogP contribution in [0, 0.1) is 0 Å². The fourth-order valence-electron chi connectivity index (χ4n) is 2.86. The zero-order valence-corrected chi connectivity index (χ0v) is 13.3. The average molecular weight is 266 g/mol. The van der Waals surface area contributed by atoms with Gasteiger partial charge in [-0.15, -0.1) is 0 Å². The quantitative estimate of drug-likeness (QED) is 0.614. The highest BCUT2D eigenvalue weighted by Crippen LogP contribution is 2.28. The molecule has 0 saturated heterocycles. The predicted molar refractivity (Wildman–Crippen MR) is 90.6 cm³/mol. The van der Waals surface area contributed by atoms with Crippen LogP contribution in [0.15, 0.2) is 36.4 Å². The van der Waals surface area contributed by atoms with E-state index >= 15 is 0 Å². The second-order valence-corrected chi connectivity index (χ2v) is 5.44. The maximum atomic E-state index is 2.40. The molecule has 20 heavy (non-hydrogen) atoms. The first kappa shape index (κ1) is 14.8. The monoisotopic (exact) mass is 266 g/mol. The molecule has 0 radical (unpaired) electrons. The first-order valence-electron chi connectivity index (χ1n) is 7.91. The summed E-state index contributed by atoms with van der Waals surface area (Å²) in [4.78, 5) is 0. The van der Waals surface area contributed by atoms with Crippen LogP contribution in [0.2, 0.25) is 0 Å². The van der Waals surface area contributed by atoms with Gasteiger partial charge in [0.15, 0.2) is 0 Å². The fraction of sp³-hybridized carbons (Fsp3) is 0.400. The van der Waals surface area contributed by atoms with Gasteiger partial charge in [-0.05, 0) is 65.6 Å². The molecule has 0 unspecified atom stereocenters. The highest BCUT2D eigenvalue weighted by Gasteiger charge is 2.08. The van der Waals surface area contributed by atoms with Gasteiger partial charge in [-0.1, -0.05) is 57.2 Å². The summed E-state index contributed by atoms with van der Waals surface area (Å²) in [6.45, 7) is 8.85. The van der Waals surface area contributed by atoms with Crippen molar-refractivity contribution in [3.63, 3.8) is 0 Å². The number of hydrogen-bond acceptors (Lipinski definition) is 0. The summed E-state index contributed by atoms with van der Waals surface area (Å²) >= 11 is 0. The van der Waals surface area contributed by atoms with E-state index in [1.807, 2.05) is 0 Å². The molecule has 2 aromatic carbocycles. The molecule has 0 aliphatic heterocycles. The molecule has 106 valence electrons. The summed E-state index contributed by atoms with van der Waals surface area (Å²) in [6.07, 6.45) is 8.78. The first-order chi connectivity index (χ1) is 9.73. The van der Waals surface area contributed by atoms with Gasteiger partial charge in [0.1, 0.15) is 0 Å². The van der Waals surface area contributed by atoms with E-state index in [1.54, 1.807) is 0 Å². The number of hydrogen-bond donors (Lipinski definition) is 0. The van der Waals surface area contributed by atoms with Crippen LogP contribution in [-0.4, -0.2) is 0 Å². The standard InChI is InChI=1S/C20H26/c1-5-9-10-18-12-16(7-3)13-19-17(8-4)11-15(6-2)14-20(18)19/h5,9,11-14H,6-8,10H2,1-4H3/b9-5+. The van der Waals surface area contributed by atoms with Crippen LogP contribution in [0.5, 0.6) is 0 Å². The second kappa shape index (κ2) is 6.74. The number of allylic oxidation sites excluding steroid dienone is 2. The van der Waals surface area contributed by atoms with Gasteiger partial charge < -0.3 is 0 Å². The van der Waals surface area contributed by atoms with Gasteiger partial charge in [-0.3, -0.25) is 0 Å². The van der Waals surface area contributed by atoms with Crippen LogP contribution in [0.3, 0.4) is 0 Å². The first-order valence-corrected chi connectivity index (χ1v) is 7.91. The lowest BCUT2D eigenvalue weighted by atomic mass is 9.91. The fourth-order valence-corrected chi connectivity index (χ4v) is 2.86. The minimum Gasteiger partial charge on any atom is -0.0913 e. The highest BCUT2D eigenvalue weighted by atomic mass is 14.1. The molecule has 0 aliphatic rings. The van der Waals surface area contributed by atoms with E-state index in [0.29, 0.717) is 0 Å². The summed E-state index contributed by atoms with van der Waals surface area (Å²) in [5, 5.41) is 2.92. The van der Waals surface area contributed by atoms with E-state index in [-0.39, 0.29) is 0 Å². The number of aryl methyl sites for hydroxylation is 3.